The number of hydrogen-bond acceptors (Lipinski definition) is 5. The van der Waals surface area contributed by atoms with E-state index in [0.717, 1.165) is 12.1 Å². The van der Waals surface area contributed by atoms with Crippen LogP contribution in [0, 0.1) is 0 Å². The molecular formula is C25H29N3O3S. The molecule has 1 amide bonds. The zero-order valence-corrected chi connectivity index (χ0v) is 19.6. The third kappa shape index (κ3) is 4.45. The van der Waals surface area contributed by atoms with Gasteiger partial charge in [-0.25, -0.2) is 4.98 Å². The third-order valence-electron chi connectivity index (χ3n) is 5.78. The van der Waals surface area contributed by atoms with Crippen molar-refractivity contribution in [3.05, 3.63) is 64.4 Å². The van der Waals surface area contributed by atoms with Gasteiger partial charge in [0.05, 0.1) is 16.2 Å². The second-order valence-electron chi connectivity index (χ2n) is 8.07. The van der Waals surface area contributed by atoms with Gasteiger partial charge in [-0.05, 0) is 57.4 Å². The molecule has 3 aromatic rings. The molecule has 6 nitrogen and oxygen atoms in total. The van der Waals surface area contributed by atoms with Crippen LogP contribution in [0.5, 0.6) is 0 Å². The summed E-state index contributed by atoms with van der Waals surface area (Å²) in [6.45, 7) is 7.66. The van der Waals surface area contributed by atoms with E-state index in [9.17, 15) is 9.59 Å². The van der Waals surface area contributed by atoms with Gasteiger partial charge in [0.15, 0.2) is 5.16 Å². The number of ether oxygens (including phenoxy) is 1. The number of fused-ring (bicyclic) bond motifs is 2. The van der Waals surface area contributed by atoms with E-state index in [2.05, 4.69) is 13.0 Å². The van der Waals surface area contributed by atoms with Crippen LogP contribution in [0.2, 0.25) is 0 Å². The van der Waals surface area contributed by atoms with Gasteiger partial charge < -0.3 is 9.64 Å². The van der Waals surface area contributed by atoms with E-state index in [1.807, 2.05) is 55.1 Å². The van der Waals surface area contributed by atoms with Crippen molar-refractivity contribution >= 4 is 34.3 Å². The molecule has 0 radical (unpaired) electrons. The maximum atomic E-state index is 13.5. The van der Waals surface area contributed by atoms with Crippen LogP contribution in [-0.2, 0) is 22.5 Å². The lowest BCUT2D eigenvalue weighted by molar-refractivity contribution is -0.118. The minimum absolute atomic E-state index is 0.0377. The van der Waals surface area contributed by atoms with E-state index < -0.39 is 0 Å². The van der Waals surface area contributed by atoms with Crippen LogP contribution < -0.4 is 10.5 Å². The number of aromatic nitrogens is 2. The van der Waals surface area contributed by atoms with E-state index in [1.54, 1.807) is 10.6 Å². The predicted molar refractivity (Wildman–Crippen MR) is 130 cm³/mol. The highest BCUT2D eigenvalue weighted by Gasteiger charge is 2.34. The average Bonchev–Trinajstić information content (AvgIpc) is 3.13. The van der Waals surface area contributed by atoms with Crippen molar-refractivity contribution in [2.75, 3.05) is 18.1 Å². The Balaban J connectivity index is 1.62. The van der Waals surface area contributed by atoms with E-state index in [1.165, 1.54) is 17.3 Å². The molecule has 7 heteroatoms. The van der Waals surface area contributed by atoms with Crippen LogP contribution in [0.3, 0.4) is 0 Å². The lowest BCUT2D eigenvalue weighted by Gasteiger charge is -2.26. The van der Waals surface area contributed by atoms with Crippen molar-refractivity contribution in [3.8, 4) is 0 Å². The van der Waals surface area contributed by atoms with E-state index in [0.29, 0.717) is 42.2 Å². The van der Waals surface area contributed by atoms with Crippen LogP contribution in [0.1, 0.15) is 32.8 Å². The zero-order chi connectivity index (χ0) is 22.7. The van der Waals surface area contributed by atoms with Crippen LogP contribution >= 0.6 is 11.8 Å². The number of anilines is 1. The normalized spacial score (nSPS) is 16.3. The molecule has 2 atom stereocenters. The Kier molecular flexibility index (Phi) is 6.96. The summed E-state index contributed by atoms with van der Waals surface area (Å²) < 4.78 is 7.14. The standard InChI is InChI=1S/C25H29N3O3S/c1-4-31-15-9-14-27-24(30)20-11-6-7-12-21(20)26-25(27)32-18(3)23(29)28-17(2)16-19-10-5-8-13-22(19)28/h5-8,10-13,17-18H,4,9,14-16H2,1-3H3/t17-,18+/m0/s1. The van der Waals surface area contributed by atoms with Gasteiger partial charge in [0.2, 0.25) is 5.91 Å². The monoisotopic (exact) mass is 451 g/mol. The predicted octanol–water partition coefficient (Wildman–Crippen LogP) is 4.28. The maximum absolute atomic E-state index is 13.5. The third-order valence-corrected chi connectivity index (χ3v) is 6.85. The van der Waals surface area contributed by atoms with Gasteiger partial charge in [-0.2, -0.15) is 0 Å². The Hall–Kier alpha value is -2.64. The smallest absolute Gasteiger partial charge is 0.262 e. The first-order valence-electron chi connectivity index (χ1n) is 11.2. The van der Waals surface area contributed by atoms with Gasteiger partial charge in [0.1, 0.15) is 0 Å². The number of hydrogen-bond donors (Lipinski definition) is 0. The largest absolute Gasteiger partial charge is 0.382 e. The quantitative estimate of drug-likeness (QED) is 0.291. The second kappa shape index (κ2) is 9.88. The molecule has 168 valence electrons. The molecule has 0 N–H and O–H groups in total. The minimum atomic E-state index is -0.380. The van der Waals surface area contributed by atoms with Crippen LogP contribution in [-0.4, -0.2) is 40.0 Å². The number of amides is 1. The lowest BCUT2D eigenvalue weighted by atomic mass is 10.1. The van der Waals surface area contributed by atoms with Gasteiger partial charge >= 0.3 is 0 Å². The summed E-state index contributed by atoms with van der Waals surface area (Å²) in [5.41, 5.74) is 2.76. The molecule has 0 saturated carbocycles. The molecule has 1 aliphatic heterocycles. The Morgan fingerprint density at radius 3 is 2.78 bits per heavy atom. The number of carbonyl (C=O) groups is 1. The summed E-state index contributed by atoms with van der Waals surface area (Å²) in [5, 5.41) is 0.787. The summed E-state index contributed by atoms with van der Waals surface area (Å²) in [6.07, 6.45) is 1.57. The summed E-state index contributed by atoms with van der Waals surface area (Å²) in [5.74, 6) is 0.0377. The molecular weight excluding hydrogens is 422 g/mol. The van der Waals surface area contributed by atoms with Gasteiger partial charge in [-0.1, -0.05) is 42.1 Å². The van der Waals surface area contributed by atoms with E-state index in [-0.39, 0.29) is 22.8 Å². The van der Waals surface area contributed by atoms with Crippen LogP contribution in [0.15, 0.2) is 58.5 Å². The van der Waals surface area contributed by atoms with Gasteiger partial charge in [-0.3, -0.25) is 14.2 Å². The number of thioether (sulfide) groups is 1. The molecule has 0 spiro atoms. The van der Waals surface area contributed by atoms with Crippen molar-refractivity contribution in [2.24, 2.45) is 0 Å². The average molecular weight is 452 g/mol. The molecule has 0 saturated heterocycles. The molecule has 0 bridgehead atoms. The highest BCUT2D eigenvalue weighted by atomic mass is 32.2. The van der Waals surface area contributed by atoms with Gasteiger partial charge in [0, 0.05) is 31.5 Å². The first-order valence-corrected chi connectivity index (χ1v) is 12.0. The first-order chi connectivity index (χ1) is 15.5. The van der Waals surface area contributed by atoms with Crippen LogP contribution in [0.4, 0.5) is 5.69 Å². The second-order valence-corrected chi connectivity index (χ2v) is 9.38. The maximum Gasteiger partial charge on any atom is 0.262 e. The highest BCUT2D eigenvalue weighted by molar-refractivity contribution is 8.00. The molecule has 1 aromatic heterocycles. The van der Waals surface area contributed by atoms with Crippen molar-refractivity contribution in [1.29, 1.82) is 0 Å². The Bertz CT molecular complexity index is 1180. The Morgan fingerprint density at radius 1 is 1.22 bits per heavy atom. The van der Waals surface area contributed by atoms with Gasteiger partial charge in [-0.15, -0.1) is 0 Å². The SMILES string of the molecule is CCOCCCn1c(S[C@H](C)C(=O)N2c3ccccc3C[C@@H]2C)nc2ccccc2c1=O. The fourth-order valence-electron chi connectivity index (χ4n) is 4.21. The fraction of sp³-hybridized carbons (Fsp3) is 0.400. The summed E-state index contributed by atoms with van der Waals surface area (Å²) >= 11 is 1.35. The van der Waals surface area contributed by atoms with Gasteiger partial charge in [0.25, 0.3) is 5.56 Å². The number of rotatable bonds is 8. The molecule has 0 aliphatic carbocycles. The van der Waals surface area contributed by atoms with E-state index in [4.69, 9.17) is 9.72 Å². The summed E-state index contributed by atoms with van der Waals surface area (Å²) in [7, 11) is 0. The highest BCUT2D eigenvalue weighted by Crippen LogP contribution is 2.34. The topological polar surface area (TPSA) is 64.4 Å². The van der Waals surface area contributed by atoms with Crippen LogP contribution in [0.25, 0.3) is 10.9 Å². The molecule has 0 unspecified atom stereocenters. The van der Waals surface area contributed by atoms with Crippen molar-refractivity contribution in [3.63, 3.8) is 0 Å². The molecule has 32 heavy (non-hydrogen) atoms. The molecule has 2 aromatic carbocycles. The summed E-state index contributed by atoms with van der Waals surface area (Å²) in [6, 6.07) is 15.5. The van der Waals surface area contributed by atoms with Crippen molar-refractivity contribution in [2.45, 2.75) is 56.6 Å². The van der Waals surface area contributed by atoms with E-state index >= 15 is 0 Å². The van der Waals surface area contributed by atoms with Crippen molar-refractivity contribution in [1.82, 2.24) is 9.55 Å². The molecule has 2 heterocycles. The Morgan fingerprint density at radius 2 is 1.97 bits per heavy atom. The fourth-order valence-corrected chi connectivity index (χ4v) is 5.19. The lowest BCUT2D eigenvalue weighted by Crippen LogP contribution is -2.40. The Labute approximate surface area is 192 Å². The summed E-state index contributed by atoms with van der Waals surface area (Å²) in [4.78, 5) is 33.3. The minimum Gasteiger partial charge on any atom is -0.382 e. The number of para-hydroxylation sites is 2. The number of nitrogens with zero attached hydrogens (tertiary/aromatic N) is 3. The number of carbonyl (C=O) groups excluding carboxylic acids is 1. The first kappa shape index (κ1) is 22.6. The molecule has 0 fully saturated rings. The molecule has 1 aliphatic rings. The molecule has 4 rings (SSSR count). The van der Waals surface area contributed by atoms with Crippen molar-refractivity contribution < 1.29 is 9.53 Å². The zero-order valence-electron chi connectivity index (χ0n) is 18.8. The number of benzene rings is 2.